The van der Waals surface area contributed by atoms with Crippen molar-refractivity contribution in [1.29, 1.82) is 0 Å². The summed E-state index contributed by atoms with van der Waals surface area (Å²) in [4.78, 5) is 15.2. The number of benzene rings is 1. The van der Waals surface area contributed by atoms with Crippen molar-refractivity contribution in [3.05, 3.63) is 57.3 Å². The predicted molar refractivity (Wildman–Crippen MR) is 75.2 cm³/mol. The van der Waals surface area contributed by atoms with Crippen molar-refractivity contribution in [3.63, 3.8) is 0 Å². The van der Waals surface area contributed by atoms with E-state index in [4.69, 9.17) is 27.9 Å². The van der Waals surface area contributed by atoms with E-state index in [1.165, 1.54) is 12.1 Å². The SMILES string of the molecule is Cc1cccnc1COc1c(Cl)cc(Cl)cc1C=O. The minimum absolute atomic E-state index is 0.245. The van der Waals surface area contributed by atoms with Crippen LogP contribution in [0.5, 0.6) is 5.75 Å². The van der Waals surface area contributed by atoms with E-state index in [0.29, 0.717) is 27.6 Å². The molecule has 0 N–H and O–H groups in total. The molecule has 0 atom stereocenters. The van der Waals surface area contributed by atoms with Crippen molar-refractivity contribution in [3.8, 4) is 5.75 Å². The number of aldehydes is 1. The van der Waals surface area contributed by atoms with E-state index in [2.05, 4.69) is 4.98 Å². The Balaban J connectivity index is 2.25. The van der Waals surface area contributed by atoms with Crippen LogP contribution in [-0.4, -0.2) is 11.3 Å². The van der Waals surface area contributed by atoms with Gasteiger partial charge in [0, 0.05) is 11.2 Å². The minimum Gasteiger partial charge on any atom is -0.485 e. The molecule has 2 aromatic rings. The molecule has 0 radical (unpaired) electrons. The molecule has 1 aromatic carbocycles. The van der Waals surface area contributed by atoms with E-state index in [1.54, 1.807) is 6.20 Å². The van der Waals surface area contributed by atoms with Crippen LogP contribution in [0.2, 0.25) is 10.0 Å². The summed E-state index contributed by atoms with van der Waals surface area (Å²) in [5.74, 6) is 0.325. The fourth-order valence-corrected chi connectivity index (χ4v) is 2.19. The van der Waals surface area contributed by atoms with E-state index in [-0.39, 0.29) is 6.61 Å². The van der Waals surface area contributed by atoms with Gasteiger partial charge in [0.15, 0.2) is 6.29 Å². The smallest absolute Gasteiger partial charge is 0.153 e. The number of hydrogen-bond acceptors (Lipinski definition) is 3. The number of nitrogens with zero attached hydrogens (tertiary/aromatic N) is 1. The number of rotatable bonds is 4. The van der Waals surface area contributed by atoms with E-state index in [0.717, 1.165) is 11.3 Å². The van der Waals surface area contributed by atoms with Crippen molar-refractivity contribution in [2.75, 3.05) is 0 Å². The molecular formula is C14H11Cl2NO2. The zero-order chi connectivity index (χ0) is 13.8. The highest BCUT2D eigenvalue weighted by molar-refractivity contribution is 6.36. The molecule has 0 amide bonds. The second-order valence-corrected chi connectivity index (χ2v) is 4.82. The van der Waals surface area contributed by atoms with E-state index in [9.17, 15) is 4.79 Å². The van der Waals surface area contributed by atoms with Gasteiger partial charge in [-0.3, -0.25) is 9.78 Å². The summed E-state index contributed by atoms with van der Waals surface area (Å²) in [6.07, 6.45) is 2.36. The third-order valence-electron chi connectivity index (χ3n) is 2.64. The van der Waals surface area contributed by atoms with Crippen molar-refractivity contribution < 1.29 is 9.53 Å². The second kappa shape index (κ2) is 6.04. The van der Waals surface area contributed by atoms with Crippen LogP contribution in [0.4, 0.5) is 0 Å². The molecule has 19 heavy (non-hydrogen) atoms. The third-order valence-corrected chi connectivity index (χ3v) is 3.13. The second-order valence-electron chi connectivity index (χ2n) is 3.98. The summed E-state index contributed by atoms with van der Waals surface area (Å²) in [5, 5.41) is 0.705. The van der Waals surface area contributed by atoms with Gasteiger partial charge < -0.3 is 4.74 Å². The average Bonchev–Trinajstić information content (AvgIpc) is 2.38. The molecule has 5 heteroatoms. The first-order valence-electron chi connectivity index (χ1n) is 5.59. The lowest BCUT2D eigenvalue weighted by Gasteiger charge is -2.11. The van der Waals surface area contributed by atoms with Gasteiger partial charge in [-0.15, -0.1) is 0 Å². The highest BCUT2D eigenvalue weighted by Gasteiger charge is 2.11. The minimum atomic E-state index is 0.245. The van der Waals surface area contributed by atoms with Gasteiger partial charge in [0.25, 0.3) is 0 Å². The van der Waals surface area contributed by atoms with Gasteiger partial charge in [-0.25, -0.2) is 0 Å². The maximum Gasteiger partial charge on any atom is 0.153 e. The quantitative estimate of drug-likeness (QED) is 0.798. The summed E-state index contributed by atoms with van der Waals surface area (Å²) in [6, 6.07) is 6.85. The summed E-state index contributed by atoms with van der Waals surface area (Å²) >= 11 is 11.9. The number of aromatic nitrogens is 1. The monoisotopic (exact) mass is 295 g/mol. The Bertz CT molecular complexity index is 614. The Morgan fingerprint density at radius 3 is 2.84 bits per heavy atom. The van der Waals surface area contributed by atoms with Gasteiger partial charge in [0.2, 0.25) is 0 Å². The van der Waals surface area contributed by atoms with Crippen LogP contribution < -0.4 is 4.74 Å². The predicted octanol–water partition coefficient (Wildman–Crippen LogP) is 4.09. The molecule has 1 heterocycles. The maximum absolute atomic E-state index is 11.0. The Morgan fingerprint density at radius 1 is 1.37 bits per heavy atom. The van der Waals surface area contributed by atoms with Crippen molar-refractivity contribution in [1.82, 2.24) is 4.98 Å². The van der Waals surface area contributed by atoms with Gasteiger partial charge in [-0.05, 0) is 30.7 Å². The topological polar surface area (TPSA) is 39.2 Å². The van der Waals surface area contributed by atoms with Crippen LogP contribution in [0.1, 0.15) is 21.6 Å². The number of carbonyl (C=O) groups excluding carboxylic acids is 1. The summed E-state index contributed by atoms with van der Waals surface area (Å²) in [5.41, 5.74) is 2.14. The molecule has 0 aliphatic heterocycles. The zero-order valence-electron chi connectivity index (χ0n) is 10.2. The molecule has 0 saturated heterocycles. The molecular weight excluding hydrogens is 285 g/mol. The number of aryl methyl sites for hydroxylation is 1. The Morgan fingerprint density at radius 2 is 2.16 bits per heavy atom. The number of pyridine rings is 1. The van der Waals surface area contributed by atoms with Gasteiger partial charge >= 0.3 is 0 Å². The highest BCUT2D eigenvalue weighted by Crippen LogP contribution is 2.32. The molecule has 98 valence electrons. The summed E-state index contributed by atoms with van der Waals surface area (Å²) in [7, 11) is 0. The molecule has 0 spiro atoms. The van der Waals surface area contributed by atoms with Crippen LogP contribution in [0, 0.1) is 6.92 Å². The lowest BCUT2D eigenvalue weighted by molar-refractivity contribution is 0.111. The average molecular weight is 296 g/mol. The molecule has 0 aliphatic carbocycles. The molecule has 0 saturated carbocycles. The van der Waals surface area contributed by atoms with E-state index >= 15 is 0 Å². The Kier molecular flexibility index (Phi) is 4.40. The van der Waals surface area contributed by atoms with Crippen LogP contribution in [0.15, 0.2) is 30.5 Å². The largest absolute Gasteiger partial charge is 0.485 e. The highest BCUT2D eigenvalue weighted by atomic mass is 35.5. The molecule has 3 nitrogen and oxygen atoms in total. The summed E-state index contributed by atoms with van der Waals surface area (Å²) < 4.78 is 5.60. The standard InChI is InChI=1S/C14H11Cl2NO2/c1-9-3-2-4-17-13(9)8-19-14-10(7-18)5-11(15)6-12(14)16/h2-7H,8H2,1H3. The summed E-state index contributed by atoms with van der Waals surface area (Å²) in [6.45, 7) is 2.19. The molecule has 0 fully saturated rings. The Hall–Kier alpha value is -1.58. The molecule has 1 aromatic heterocycles. The number of halogens is 2. The molecule has 0 bridgehead atoms. The first-order valence-corrected chi connectivity index (χ1v) is 6.35. The Labute approximate surface area is 121 Å². The van der Waals surface area contributed by atoms with Gasteiger partial charge in [0.05, 0.1) is 16.3 Å². The molecule has 0 unspecified atom stereocenters. The first kappa shape index (κ1) is 13.8. The van der Waals surface area contributed by atoms with E-state index < -0.39 is 0 Å². The third kappa shape index (κ3) is 3.25. The van der Waals surface area contributed by atoms with Gasteiger partial charge in [-0.2, -0.15) is 0 Å². The van der Waals surface area contributed by atoms with Crippen molar-refractivity contribution >= 4 is 29.5 Å². The number of hydrogen-bond donors (Lipinski definition) is 0. The zero-order valence-corrected chi connectivity index (χ0v) is 11.7. The van der Waals surface area contributed by atoms with Crippen LogP contribution in [0.25, 0.3) is 0 Å². The van der Waals surface area contributed by atoms with Crippen LogP contribution in [0.3, 0.4) is 0 Å². The van der Waals surface area contributed by atoms with E-state index in [1.807, 2.05) is 19.1 Å². The maximum atomic E-state index is 11.0. The molecule has 0 aliphatic rings. The normalized spacial score (nSPS) is 10.3. The fourth-order valence-electron chi connectivity index (χ4n) is 1.63. The fraction of sp³-hybridized carbons (Fsp3) is 0.143. The number of carbonyl (C=O) groups is 1. The molecule has 2 rings (SSSR count). The van der Waals surface area contributed by atoms with Gasteiger partial charge in [-0.1, -0.05) is 29.3 Å². The van der Waals surface area contributed by atoms with Crippen molar-refractivity contribution in [2.45, 2.75) is 13.5 Å². The van der Waals surface area contributed by atoms with Crippen molar-refractivity contribution in [2.24, 2.45) is 0 Å². The van der Waals surface area contributed by atoms with Crippen LogP contribution in [-0.2, 0) is 6.61 Å². The lowest BCUT2D eigenvalue weighted by atomic mass is 10.2. The first-order chi connectivity index (χ1) is 9.11. The number of ether oxygens (including phenoxy) is 1. The lowest BCUT2D eigenvalue weighted by Crippen LogP contribution is -2.02. The van der Waals surface area contributed by atoms with Crippen LogP contribution >= 0.6 is 23.2 Å². The van der Waals surface area contributed by atoms with Gasteiger partial charge in [0.1, 0.15) is 12.4 Å².